The molecule has 3 rings (SSSR count). The Balaban J connectivity index is 2.08. The Morgan fingerprint density at radius 3 is 2.38 bits per heavy atom. The predicted molar refractivity (Wildman–Crippen MR) is 121 cm³/mol. The zero-order chi connectivity index (χ0) is 23.8. The maximum absolute atomic E-state index is 13.3. The van der Waals surface area contributed by atoms with Crippen molar-refractivity contribution < 1.29 is 23.1 Å². The number of nitrogens with zero attached hydrogens (tertiary/aromatic N) is 1. The maximum atomic E-state index is 13.3. The van der Waals surface area contributed by atoms with Crippen LogP contribution in [0, 0.1) is 6.92 Å². The largest absolute Gasteiger partial charge is 0.512 e. The van der Waals surface area contributed by atoms with Gasteiger partial charge in [0.05, 0.1) is 11.1 Å². The molecule has 1 aliphatic rings. The second kappa shape index (κ2) is 8.71. The average Bonchev–Trinajstić information content (AvgIpc) is 2.70. The van der Waals surface area contributed by atoms with Crippen LogP contribution in [0.2, 0.25) is 5.02 Å². The average molecular weight is 460 g/mol. The number of hydrogen-bond acceptors (Lipinski definition) is 2. The summed E-state index contributed by atoms with van der Waals surface area (Å²) in [6.45, 7) is 8.69. The molecule has 1 aliphatic heterocycles. The summed E-state index contributed by atoms with van der Waals surface area (Å²) in [4.78, 5) is 14.6. The van der Waals surface area contributed by atoms with E-state index in [0.29, 0.717) is 33.0 Å². The fourth-order valence-corrected chi connectivity index (χ4v) is 3.70. The number of aryl methyl sites for hydroxylation is 1. The van der Waals surface area contributed by atoms with Crippen LogP contribution in [0.5, 0.6) is 0 Å². The number of amides is 1. The van der Waals surface area contributed by atoms with E-state index >= 15 is 0 Å². The Morgan fingerprint density at radius 1 is 1.09 bits per heavy atom. The number of benzene rings is 2. The van der Waals surface area contributed by atoms with Crippen LogP contribution in [0.1, 0.15) is 30.5 Å². The minimum Gasteiger partial charge on any atom is -0.512 e. The van der Waals surface area contributed by atoms with E-state index < -0.39 is 17.6 Å². The molecule has 0 aromatic heterocycles. The zero-order valence-electron chi connectivity index (χ0n) is 17.7. The standard InChI is InChI=1S/C25H21ClF3NO2/c1-14-6-5-11-30(16(14)3)24(32)23(17(4)31)18-7-10-22(26)21(13-18)20-9-8-19(12-15(20)2)25(27,28)29/h5-13,31H,3H2,1-2,4H3/b23-17+. The summed E-state index contributed by atoms with van der Waals surface area (Å²) in [6, 6.07) is 8.10. The number of carbonyl (C=O) groups is 1. The van der Waals surface area contributed by atoms with E-state index in [1.807, 2.05) is 13.0 Å². The first-order valence-electron chi connectivity index (χ1n) is 9.67. The number of aliphatic hydroxyl groups excluding tert-OH is 1. The van der Waals surface area contributed by atoms with E-state index in [2.05, 4.69) is 6.58 Å². The monoisotopic (exact) mass is 459 g/mol. The third-order valence-corrected chi connectivity index (χ3v) is 5.55. The van der Waals surface area contributed by atoms with Gasteiger partial charge in [0, 0.05) is 22.5 Å². The van der Waals surface area contributed by atoms with Crippen LogP contribution in [0.15, 0.2) is 78.4 Å². The number of carbonyl (C=O) groups excluding carboxylic acids is 1. The molecule has 0 bridgehead atoms. The molecule has 32 heavy (non-hydrogen) atoms. The molecule has 7 heteroatoms. The molecule has 1 heterocycles. The summed E-state index contributed by atoms with van der Waals surface area (Å²) in [5.74, 6) is -0.697. The van der Waals surface area contributed by atoms with Crippen molar-refractivity contribution in [2.75, 3.05) is 0 Å². The number of allylic oxidation sites excluding steroid dienone is 4. The lowest BCUT2D eigenvalue weighted by molar-refractivity contribution is -0.137. The molecule has 166 valence electrons. The Labute approximate surface area is 189 Å². The molecular formula is C25H21ClF3NO2. The van der Waals surface area contributed by atoms with Crippen LogP contribution in [0.3, 0.4) is 0 Å². The Hall–Kier alpha value is -3.25. The Morgan fingerprint density at radius 2 is 1.78 bits per heavy atom. The molecule has 0 radical (unpaired) electrons. The van der Waals surface area contributed by atoms with Crippen molar-refractivity contribution in [2.45, 2.75) is 26.9 Å². The van der Waals surface area contributed by atoms with Gasteiger partial charge in [-0.1, -0.05) is 36.4 Å². The van der Waals surface area contributed by atoms with Crippen LogP contribution >= 0.6 is 11.6 Å². The minimum atomic E-state index is -4.46. The van der Waals surface area contributed by atoms with Gasteiger partial charge in [0.15, 0.2) is 0 Å². The fourth-order valence-electron chi connectivity index (χ4n) is 3.48. The molecule has 0 aliphatic carbocycles. The molecule has 0 saturated carbocycles. The van der Waals surface area contributed by atoms with Crippen LogP contribution in [-0.4, -0.2) is 15.9 Å². The maximum Gasteiger partial charge on any atom is 0.416 e. The number of alkyl halides is 3. The number of aliphatic hydroxyl groups is 1. The van der Waals surface area contributed by atoms with Crippen molar-refractivity contribution >= 4 is 23.1 Å². The SMILES string of the molecule is C=C1C(C)=CC=CN1C(=O)/C(=C(\C)O)c1ccc(Cl)c(-c2ccc(C(F)(F)F)cc2C)c1. The molecule has 2 aromatic carbocycles. The van der Waals surface area contributed by atoms with E-state index in [1.165, 1.54) is 17.9 Å². The van der Waals surface area contributed by atoms with Crippen LogP contribution in [-0.2, 0) is 11.0 Å². The van der Waals surface area contributed by atoms with E-state index in [4.69, 9.17) is 11.6 Å². The fraction of sp³-hybridized carbons (Fsp3) is 0.160. The zero-order valence-corrected chi connectivity index (χ0v) is 18.5. The summed E-state index contributed by atoms with van der Waals surface area (Å²) in [6.07, 6.45) is 0.611. The summed E-state index contributed by atoms with van der Waals surface area (Å²) < 4.78 is 39.1. The second-order valence-electron chi connectivity index (χ2n) is 7.50. The summed E-state index contributed by atoms with van der Waals surface area (Å²) in [5, 5.41) is 10.6. The van der Waals surface area contributed by atoms with Gasteiger partial charge in [-0.25, -0.2) is 0 Å². The highest BCUT2D eigenvalue weighted by atomic mass is 35.5. The molecule has 0 spiro atoms. The predicted octanol–water partition coefficient (Wildman–Crippen LogP) is 7.44. The molecule has 1 N–H and O–H groups in total. The molecular weight excluding hydrogens is 439 g/mol. The number of rotatable bonds is 3. The van der Waals surface area contributed by atoms with Crippen molar-refractivity contribution in [1.29, 1.82) is 0 Å². The van der Waals surface area contributed by atoms with Crippen LogP contribution in [0.4, 0.5) is 13.2 Å². The lowest BCUT2D eigenvalue weighted by Gasteiger charge is -2.25. The van der Waals surface area contributed by atoms with Gasteiger partial charge < -0.3 is 5.11 Å². The lowest BCUT2D eigenvalue weighted by Crippen LogP contribution is -2.28. The molecule has 0 fully saturated rings. The van der Waals surface area contributed by atoms with Crippen molar-refractivity contribution in [1.82, 2.24) is 4.90 Å². The normalized spacial score (nSPS) is 14.9. The van der Waals surface area contributed by atoms with Crippen molar-refractivity contribution in [2.24, 2.45) is 0 Å². The van der Waals surface area contributed by atoms with E-state index in [1.54, 1.807) is 37.4 Å². The highest BCUT2D eigenvalue weighted by Crippen LogP contribution is 2.37. The summed E-state index contributed by atoms with van der Waals surface area (Å²) >= 11 is 6.36. The minimum absolute atomic E-state index is 0.0352. The highest BCUT2D eigenvalue weighted by Gasteiger charge is 2.31. The number of halogens is 4. The first-order chi connectivity index (χ1) is 14.9. The van der Waals surface area contributed by atoms with Crippen molar-refractivity contribution in [3.63, 3.8) is 0 Å². The van der Waals surface area contributed by atoms with Gasteiger partial charge in [-0.15, -0.1) is 0 Å². The molecule has 2 aromatic rings. The number of hydrogen-bond donors (Lipinski definition) is 1. The van der Waals surface area contributed by atoms with E-state index in [-0.39, 0.29) is 11.3 Å². The molecule has 3 nitrogen and oxygen atoms in total. The van der Waals surface area contributed by atoms with Crippen LogP contribution < -0.4 is 0 Å². The van der Waals surface area contributed by atoms with Gasteiger partial charge in [-0.3, -0.25) is 9.69 Å². The van der Waals surface area contributed by atoms with Gasteiger partial charge in [0.1, 0.15) is 5.76 Å². The summed E-state index contributed by atoms with van der Waals surface area (Å²) in [5.41, 5.74) is 2.25. The van der Waals surface area contributed by atoms with Gasteiger partial charge in [0.25, 0.3) is 5.91 Å². The van der Waals surface area contributed by atoms with Crippen LogP contribution in [0.25, 0.3) is 16.7 Å². The molecule has 0 saturated heterocycles. The lowest BCUT2D eigenvalue weighted by atomic mass is 9.94. The molecule has 1 amide bonds. The molecule has 0 unspecified atom stereocenters. The topological polar surface area (TPSA) is 40.5 Å². The second-order valence-corrected chi connectivity index (χ2v) is 7.90. The third kappa shape index (κ3) is 4.50. The third-order valence-electron chi connectivity index (χ3n) is 5.22. The Bertz CT molecular complexity index is 1200. The van der Waals surface area contributed by atoms with E-state index in [0.717, 1.165) is 17.7 Å². The Kier molecular flexibility index (Phi) is 6.37. The first kappa shape index (κ1) is 23.4. The quantitative estimate of drug-likeness (QED) is 0.382. The summed E-state index contributed by atoms with van der Waals surface area (Å²) in [7, 11) is 0. The smallest absolute Gasteiger partial charge is 0.416 e. The van der Waals surface area contributed by atoms with E-state index in [9.17, 15) is 23.1 Å². The van der Waals surface area contributed by atoms with Gasteiger partial charge in [0.2, 0.25) is 0 Å². The first-order valence-corrected chi connectivity index (χ1v) is 10.1. The van der Waals surface area contributed by atoms with Gasteiger partial charge in [-0.2, -0.15) is 13.2 Å². The van der Waals surface area contributed by atoms with Gasteiger partial charge >= 0.3 is 6.18 Å². The van der Waals surface area contributed by atoms with Gasteiger partial charge in [-0.05, 0) is 73.4 Å². The molecule has 0 atom stereocenters. The van der Waals surface area contributed by atoms with Crippen molar-refractivity contribution in [3.8, 4) is 11.1 Å². The highest BCUT2D eigenvalue weighted by molar-refractivity contribution is 6.33. The van der Waals surface area contributed by atoms with Crippen molar-refractivity contribution in [3.05, 3.63) is 100 Å².